The predicted octanol–water partition coefficient (Wildman–Crippen LogP) is 1.95. The van der Waals surface area contributed by atoms with E-state index in [1.165, 1.54) is 0 Å². The molecule has 0 saturated heterocycles. The number of benzene rings is 1. The predicted molar refractivity (Wildman–Crippen MR) is 73.6 cm³/mol. The number of anilines is 1. The Labute approximate surface area is 108 Å². The number of hydrogen-bond acceptors (Lipinski definition) is 3. The van der Waals surface area contributed by atoms with Crippen molar-refractivity contribution in [1.82, 2.24) is 9.55 Å². The normalized spacial score (nSPS) is 10.7. The maximum Gasteiger partial charge on any atom is 0.140 e. The van der Waals surface area contributed by atoms with Crippen molar-refractivity contribution in [3.05, 3.63) is 35.7 Å². The van der Waals surface area contributed by atoms with Crippen LogP contribution in [-0.4, -0.2) is 28.8 Å². The summed E-state index contributed by atoms with van der Waals surface area (Å²) in [4.78, 5) is 6.53. The summed E-state index contributed by atoms with van der Waals surface area (Å²) in [7, 11) is 6.00. The van der Waals surface area contributed by atoms with E-state index in [2.05, 4.69) is 34.1 Å². The average molecular weight is 245 g/mol. The van der Waals surface area contributed by atoms with Gasteiger partial charge in [0, 0.05) is 38.1 Å². The summed E-state index contributed by atoms with van der Waals surface area (Å²) in [5.41, 5.74) is 3.96. The first-order chi connectivity index (χ1) is 8.54. The molecule has 0 bridgehead atoms. The van der Waals surface area contributed by atoms with Crippen LogP contribution in [0.4, 0.5) is 5.69 Å². The van der Waals surface area contributed by atoms with E-state index in [0.717, 1.165) is 28.5 Å². The van der Waals surface area contributed by atoms with E-state index in [0.29, 0.717) is 0 Å². The van der Waals surface area contributed by atoms with E-state index in [9.17, 15) is 5.11 Å². The molecule has 0 saturated carbocycles. The molecule has 0 radical (unpaired) electrons. The van der Waals surface area contributed by atoms with E-state index >= 15 is 0 Å². The molecule has 0 unspecified atom stereocenters. The molecular formula is C14H19N3O. The first kappa shape index (κ1) is 12.6. The van der Waals surface area contributed by atoms with Gasteiger partial charge in [-0.2, -0.15) is 0 Å². The van der Waals surface area contributed by atoms with Crippen molar-refractivity contribution in [2.45, 2.75) is 13.5 Å². The third kappa shape index (κ3) is 2.11. The fraction of sp³-hybridized carbons (Fsp3) is 0.357. The van der Waals surface area contributed by atoms with Crippen LogP contribution in [0.1, 0.15) is 11.4 Å². The lowest BCUT2D eigenvalue weighted by molar-refractivity contribution is 0.276. The minimum absolute atomic E-state index is 0.0184. The van der Waals surface area contributed by atoms with E-state index in [4.69, 9.17) is 0 Å². The Balaban J connectivity index is 2.42. The molecule has 1 aromatic heterocycles. The number of hydrogen-bond donors (Lipinski definition) is 1. The van der Waals surface area contributed by atoms with Gasteiger partial charge in [-0.15, -0.1) is 0 Å². The highest BCUT2D eigenvalue weighted by Crippen LogP contribution is 2.23. The Morgan fingerprint density at radius 1 is 1.22 bits per heavy atom. The summed E-state index contributed by atoms with van der Waals surface area (Å²) in [5, 5.41) is 9.24. The molecule has 0 amide bonds. The zero-order valence-electron chi connectivity index (χ0n) is 11.3. The lowest BCUT2D eigenvalue weighted by Gasteiger charge is -2.12. The lowest BCUT2D eigenvalue weighted by atomic mass is 10.2. The van der Waals surface area contributed by atoms with Gasteiger partial charge in [0.25, 0.3) is 0 Å². The van der Waals surface area contributed by atoms with Crippen molar-refractivity contribution in [3.8, 4) is 11.4 Å². The quantitative estimate of drug-likeness (QED) is 0.898. The fourth-order valence-corrected chi connectivity index (χ4v) is 1.95. The second kappa shape index (κ2) is 4.82. The SMILES string of the molecule is Cc1c(CO)nc(-c2ccc(N(C)C)cc2)n1C. The van der Waals surface area contributed by atoms with Crippen LogP contribution in [0.25, 0.3) is 11.4 Å². The van der Waals surface area contributed by atoms with Crippen LogP contribution in [0.3, 0.4) is 0 Å². The Morgan fingerprint density at radius 3 is 2.28 bits per heavy atom. The van der Waals surface area contributed by atoms with Gasteiger partial charge in [-0.25, -0.2) is 4.98 Å². The summed E-state index contributed by atoms with van der Waals surface area (Å²) in [6.07, 6.45) is 0. The molecule has 1 heterocycles. The maximum absolute atomic E-state index is 9.24. The first-order valence-electron chi connectivity index (χ1n) is 5.95. The number of aliphatic hydroxyl groups excluding tert-OH is 1. The van der Waals surface area contributed by atoms with Crippen molar-refractivity contribution >= 4 is 5.69 Å². The van der Waals surface area contributed by atoms with Gasteiger partial charge in [0.1, 0.15) is 5.82 Å². The third-order valence-corrected chi connectivity index (χ3v) is 3.27. The van der Waals surface area contributed by atoms with Crippen LogP contribution in [0.2, 0.25) is 0 Å². The summed E-state index contributed by atoms with van der Waals surface area (Å²) < 4.78 is 2.01. The molecule has 2 rings (SSSR count). The van der Waals surface area contributed by atoms with Crippen LogP contribution in [0, 0.1) is 6.92 Å². The van der Waals surface area contributed by atoms with Gasteiger partial charge in [0.05, 0.1) is 12.3 Å². The molecular weight excluding hydrogens is 226 g/mol. The minimum atomic E-state index is -0.0184. The molecule has 0 aliphatic rings. The molecule has 18 heavy (non-hydrogen) atoms. The Morgan fingerprint density at radius 2 is 1.83 bits per heavy atom. The molecule has 0 fully saturated rings. The minimum Gasteiger partial charge on any atom is -0.390 e. The van der Waals surface area contributed by atoms with E-state index < -0.39 is 0 Å². The maximum atomic E-state index is 9.24. The smallest absolute Gasteiger partial charge is 0.140 e. The van der Waals surface area contributed by atoms with Gasteiger partial charge in [-0.3, -0.25) is 0 Å². The molecule has 0 atom stereocenters. The van der Waals surface area contributed by atoms with Crippen LogP contribution in [0.15, 0.2) is 24.3 Å². The highest BCUT2D eigenvalue weighted by atomic mass is 16.3. The molecule has 1 N–H and O–H groups in total. The fourth-order valence-electron chi connectivity index (χ4n) is 1.95. The third-order valence-electron chi connectivity index (χ3n) is 3.27. The average Bonchev–Trinajstić information content (AvgIpc) is 2.66. The topological polar surface area (TPSA) is 41.3 Å². The monoisotopic (exact) mass is 245 g/mol. The Kier molecular flexibility index (Phi) is 3.39. The van der Waals surface area contributed by atoms with E-state index in [-0.39, 0.29) is 6.61 Å². The molecule has 4 nitrogen and oxygen atoms in total. The summed E-state index contributed by atoms with van der Waals surface area (Å²) in [6.45, 7) is 1.95. The van der Waals surface area contributed by atoms with Gasteiger partial charge in [0.15, 0.2) is 0 Å². The molecule has 0 aliphatic carbocycles. The van der Waals surface area contributed by atoms with Crippen molar-refractivity contribution in [2.75, 3.05) is 19.0 Å². The van der Waals surface area contributed by atoms with Crippen molar-refractivity contribution in [1.29, 1.82) is 0 Å². The van der Waals surface area contributed by atoms with Crippen LogP contribution in [-0.2, 0) is 13.7 Å². The van der Waals surface area contributed by atoms with Gasteiger partial charge in [-0.05, 0) is 31.2 Å². The highest BCUT2D eigenvalue weighted by molar-refractivity contribution is 5.61. The highest BCUT2D eigenvalue weighted by Gasteiger charge is 2.11. The number of nitrogens with zero attached hydrogens (tertiary/aromatic N) is 3. The molecule has 0 spiro atoms. The molecule has 4 heteroatoms. The summed E-state index contributed by atoms with van der Waals surface area (Å²) >= 11 is 0. The standard InChI is InChI=1S/C14H19N3O/c1-10-13(9-18)15-14(17(10)4)11-5-7-12(8-6-11)16(2)3/h5-8,18H,9H2,1-4H3. The summed E-state index contributed by atoms with van der Waals surface area (Å²) in [5.74, 6) is 0.891. The Bertz CT molecular complexity index is 541. The zero-order chi connectivity index (χ0) is 13.3. The van der Waals surface area contributed by atoms with Crippen molar-refractivity contribution in [3.63, 3.8) is 0 Å². The van der Waals surface area contributed by atoms with E-state index in [1.807, 2.05) is 32.6 Å². The van der Waals surface area contributed by atoms with Crippen LogP contribution in [0.5, 0.6) is 0 Å². The summed E-state index contributed by atoms with van der Waals surface area (Å²) in [6, 6.07) is 8.24. The molecule has 0 aliphatic heterocycles. The van der Waals surface area contributed by atoms with Gasteiger partial charge in [0.2, 0.25) is 0 Å². The number of aromatic nitrogens is 2. The van der Waals surface area contributed by atoms with Crippen LogP contribution < -0.4 is 4.90 Å². The van der Waals surface area contributed by atoms with Gasteiger partial charge >= 0.3 is 0 Å². The Hall–Kier alpha value is -1.81. The van der Waals surface area contributed by atoms with Gasteiger partial charge < -0.3 is 14.6 Å². The zero-order valence-corrected chi connectivity index (χ0v) is 11.3. The molecule has 1 aromatic carbocycles. The second-order valence-electron chi connectivity index (χ2n) is 4.63. The first-order valence-corrected chi connectivity index (χ1v) is 5.95. The molecule has 2 aromatic rings. The number of aliphatic hydroxyl groups is 1. The molecule has 96 valence electrons. The lowest BCUT2D eigenvalue weighted by Crippen LogP contribution is -2.08. The second-order valence-corrected chi connectivity index (χ2v) is 4.63. The number of rotatable bonds is 3. The van der Waals surface area contributed by atoms with Gasteiger partial charge in [-0.1, -0.05) is 0 Å². The van der Waals surface area contributed by atoms with Crippen LogP contribution >= 0.6 is 0 Å². The number of imidazole rings is 1. The largest absolute Gasteiger partial charge is 0.390 e. The van der Waals surface area contributed by atoms with Crippen molar-refractivity contribution in [2.24, 2.45) is 7.05 Å². The van der Waals surface area contributed by atoms with E-state index in [1.54, 1.807) is 0 Å². The van der Waals surface area contributed by atoms with Crippen molar-refractivity contribution < 1.29 is 5.11 Å².